The van der Waals surface area contributed by atoms with Gasteiger partial charge in [0.25, 0.3) is 5.91 Å². The Morgan fingerprint density at radius 2 is 1.80 bits per heavy atom. The number of amides is 1. The van der Waals surface area contributed by atoms with Gasteiger partial charge < -0.3 is 10.1 Å². The number of aromatic nitrogens is 4. The number of hydrogen-bond acceptors (Lipinski definition) is 6. The van der Waals surface area contributed by atoms with E-state index in [9.17, 15) is 4.79 Å². The second-order valence-corrected chi connectivity index (χ2v) is 7.59. The van der Waals surface area contributed by atoms with Crippen molar-refractivity contribution in [2.24, 2.45) is 0 Å². The summed E-state index contributed by atoms with van der Waals surface area (Å²) in [6.07, 6.45) is 10.5. The molecule has 0 aliphatic heterocycles. The quantitative estimate of drug-likeness (QED) is 0.699. The minimum atomic E-state index is -0.127. The molecule has 7 nitrogen and oxygen atoms in total. The first kappa shape index (κ1) is 19.9. The van der Waals surface area contributed by atoms with E-state index >= 15 is 0 Å². The van der Waals surface area contributed by atoms with Gasteiger partial charge in [-0.25, -0.2) is 9.97 Å². The summed E-state index contributed by atoms with van der Waals surface area (Å²) in [7, 11) is 0. The van der Waals surface area contributed by atoms with Gasteiger partial charge >= 0.3 is 0 Å². The van der Waals surface area contributed by atoms with E-state index in [1.54, 1.807) is 24.8 Å². The predicted octanol–water partition coefficient (Wildman–Crippen LogP) is 3.67. The van der Waals surface area contributed by atoms with Gasteiger partial charge in [-0.2, -0.15) is 0 Å². The third kappa shape index (κ3) is 4.62. The average Bonchev–Trinajstić information content (AvgIpc) is 2.77. The van der Waals surface area contributed by atoms with Crippen LogP contribution in [0, 0.1) is 13.8 Å². The molecule has 0 saturated heterocycles. The van der Waals surface area contributed by atoms with Gasteiger partial charge in [0.05, 0.1) is 23.1 Å². The van der Waals surface area contributed by atoms with E-state index in [1.807, 2.05) is 38.1 Å². The molecule has 1 fully saturated rings. The highest BCUT2D eigenvalue weighted by molar-refractivity contribution is 5.95. The minimum absolute atomic E-state index is 0.127. The van der Waals surface area contributed by atoms with E-state index < -0.39 is 0 Å². The van der Waals surface area contributed by atoms with Crippen molar-refractivity contribution < 1.29 is 9.53 Å². The van der Waals surface area contributed by atoms with Gasteiger partial charge in [-0.05, 0) is 63.8 Å². The van der Waals surface area contributed by atoms with Crippen molar-refractivity contribution >= 4 is 5.91 Å². The predicted molar refractivity (Wildman–Crippen MR) is 113 cm³/mol. The van der Waals surface area contributed by atoms with Crippen LogP contribution < -0.4 is 10.1 Å². The topological polar surface area (TPSA) is 89.9 Å². The highest BCUT2D eigenvalue weighted by atomic mass is 16.5. The van der Waals surface area contributed by atoms with E-state index in [0.29, 0.717) is 17.1 Å². The van der Waals surface area contributed by atoms with Crippen molar-refractivity contribution in [2.45, 2.75) is 51.7 Å². The van der Waals surface area contributed by atoms with Gasteiger partial charge in [0, 0.05) is 36.4 Å². The van der Waals surface area contributed by atoms with Crippen LogP contribution in [-0.2, 0) is 0 Å². The Hall–Kier alpha value is -3.35. The van der Waals surface area contributed by atoms with Crippen LogP contribution in [-0.4, -0.2) is 38.0 Å². The van der Waals surface area contributed by atoms with Gasteiger partial charge in [0.2, 0.25) is 0 Å². The first-order valence-corrected chi connectivity index (χ1v) is 10.2. The molecule has 0 radical (unpaired) electrons. The van der Waals surface area contributed by atoms with Crippen LogP contribution in [0.2, 0.25) is 0 Å². The summed E-state index contributed by atoms with van der Waals surface area (Å²) in [5.41, 5.74) is 2.89. The number of nitrogens with zero attached hydrogens (tertiary/aromatic N) is 4. The molecule has 0 spiro atoms. The third-order valence-corrected chi connectivity index (χ3v) is 5.41. The Morgan fingerprint density at radius 3 is 2.50 bits per heavy atom. The lowest BCUT2D eigenvalue weighted by molar-refractivity contribution is 0.0892. The van der Waals surface area contributed by atoms with E-state index in [2.05, 4.69) is 25.3 Å². The lowest BCUT2D eigenvalue weighted by Crippen LogP contribution is -2.40. The summed E-state index contributed by atoms with van der Waals surface area (Å²) in [6, 6.07) is 7.70. The number of ether oxygens (including phenoxy) is 1. The van der Waals surface area contributed by atoms with Crippen LogP contribution in [0.15, 0.2) is 49.1 Å². The van der Waals surface area contributed by atoms with Gasteiger partial charge in [-0.3, -0.25) is 14.8 Å². The molecule has 1 aliphatic rings. The van der Waals surface area contributed by atoms with Crippen LogP contribution in [0.25, 0.3) is 11.4 Å². The molecule has 154 valence electrons. The van der Waals surface area contributed by atoms with E-state index in [1.165, 1.54) is 0 Å². The standard InChI is InChI=1S/C23H25N5O2/c1-15-20(14-26-22(27-15)17-5-3-11-24-13-17)23(29)28-18-7-9-19(10-8-18)30-21-6-4-12-25-16(21)2/h3-6,11-14,18-19H,7-10H2,1-2H3,(H,28,29). The molecule has 3 heterocycles. The summed E-state index contributed by atoms with van der Waals surface area (Å²) in [5, 5.41) is 3.13. The van der Waals surface area contributed by atoms with Crippen LogP contribution >= 0.6 is 0 Å². The van der Waals surface area contributed by atoms with Gasteiger partial charge in [-0.15, -0.1) is 0 Å². The Kier molecular flexibility index (Phi) is 5.97. The van der Waals surface area contributed by atoms with Crippen LogP contribution in [0.3, 0.4) is 0 Å². The van der Waals surface area contributed by atoms with Crippen molar-refractivity contribution in [2.75, 3.05) is 0 Å². The summed E-state index contributed by atoms with van der Waals surface area (Å²) in [5.74, 6) is 1.28. The zero-order chi connectivity index (χ0) is 20.9. The van der Waals surface area contributed by atoms with Crippen molar-refractivity contribution in [3.63, 3.8) is 0 Å². The number of hydrogen-bond donors (Lipinski definition) is 1. The maximum absolute atomic E-state index is 12.8. The zero-order valence-electron chi connectivity index (χ0n) is 17.2. The lowest BCUT2D eigenvalue weighted by Gasteiger charge is -2.29. The van der Waals surface area contributed by atoms with Crippen LogP contribution in [0.5, 0.6) is 5.75 Å². The summed E-state index contributed by atoms with van der Waals surface area (Å²) in [4.78, 5) is 30.0. The van der Waals surface area contributed by atoms with Crippen LogP contribution in [0.4, 0.5) is 0 Å². The summed E-state index contributed by atoms with van der Waals surface area (Å²) in [6.45, 7) is 3.78. The lowest BCUT2D eigenvalue weighted by atomic mass is 9.92. The average molecular weight is 403 g/mol. The number of aryl methyl sites for hydroxylation is 2. The molecule has 4 rings (SSSR count). The number of nitrogens with one attached hydrogen (secondary N) is 1. The maximum Gasteiger partial charge on any atom is 0.254 e. The maximum atomic E-state index is 12.8. The number of carbonyl (C=O) groups excluding carboxylic acids is 1. The highest BCUT2D eigenvalue weighted by Crippen LogP contribution is 2.25. The minimum Gasteiger partial charge on any atom is -0.489 e. The Labute approximate surface area is 176 Å². The number of rotatable bonds is 5. The molecule has 30 heavy (non-hydrogen) atoms. The van der Waals surface area contributed by atoms with Gasteiger partial charge in [0.15, 0.2) is 5.82 Å². The summed E-state index contributed by atoms with van der Waals surface area (Å²) < 4.78 is 6.10. The molecule has 1 amide bonds. The smallest absolute Gasteiger partial charge is 0.254 e. The first-order valence-electron chi connectivity index (χ1n) is 10.2. The molecular weight excluding hydrogens is 378 g/mol. The van der Waals surface area contributed by atoms with Crippen LogP contribution in [0.1, 0.15) is 47.4 Å². The first-order chi connectivity index (χ1) is 14.6. The fourth-order valence-electron chi connectivity index (χ4n) is 3.69. The monoisotopic (exact) mass is 403 g/mol. The fraction of sp³-hybridized carbons (Fsp3) is 0.348. The van der Waals surface area contributed by atoms with E-state index in [0.717, 1.165) is 42.7 Å². The second kappa shape index (κ2) is 8.98. The molecule has 1 N–H and O–H groups in total. The number of pyridine rings is 2. The molecule has 0 aromatic carbocycles. The van der Waals surface area contributed by atoms with Gasteiger partial charge in [0.1, 0.15) is 5.75 Å². The molecule has 7 heteroatoms. The molecule has 3 aromatic rings. The molecule has 1 aliphatic carbocycles. The fourth-order valence-corrected chi connectivity index (χ4v) is 3.69. The van der Waals surface area contributed by atoms with Crippen molar-refractivity contribution in [1.29, 1.82) is 0 Å². The molecular formula is C23H25N5O2. The molecule has 1 saturated carbocycles. The molecule has 0 atom stereocenters. The Morgan fingerprint density at radius 1 is 1.00 bits per heavy atom. The third-order valence-electron chi connectivity index (χ3n) is 5.41. The summed E-state index contributed by atoms with van der Waals surface area (Å²) >= 11 is 0. The zero-order valence-corrected chi connectivity index (χ0v) is 17.2. The Balaban J connectivity index is 1.33. The highest BCUT2D eigenvalue weighted by Gasteiger charge is 2.25. The van der Waals surface area contributed by atoms with Crippen molar-refractivity contribution in [1.82, 2.24) is 25.3 Å². The number of carbonyl (C=O) groups is 1. The van der Waals surface area contributed by atoms with E-state index in [-0.39, 0.29) is 18.1 Å². The normalized spacial score (nSPS) is 18.6. The molecule has 0 bridgehead atoms. The SMILES string of the molecule is Cc1ncccc1OC1CCC(NC(=O)c2cnc(-c3cccnc3)nc2C)CC1. The van der Waals surface area contributed by atoms with Crippen molar-refractivity contribution in [3.8, 4) is 17.1 Å². The van der Waals surface area contributed by atoms with E-state index in [4.69, 9.17) is 4.74 Å². The second-order valence-electron chi connectivity index (χ2n) is 7.59. The van der Waals surface area contributed by atoms with Crippen molar-refractivity contribution in [3.05, 3.63) is 66.0 Å². The largest absolute Gasteiger partial charge is 0.489 e. The Bertz CT molecular complexity index is 1020. The van der Waals surface area contributed by atoms with Gasteiger partial charge in [-0.1, -0.05) is 0 Å². The molecule has 3 aromatic heterocycles. The molecule has 0 unspecified atom stereocenters.